The number of carboxylic acids is 1. The Morgan fingerprint density at radius 2 is 1.85 bits per heavy atom. The largest absolute Gasteiger partial charge is 1.00 e. The number of H-pyrrole nitrogens is 1. The van der Waals surface area contributed by atoms with Crippen LogP contribution in [0, 0.1) is 6.92 Å². The van der Waals surface area contributed by atoms with Crippen molar-refractivity contribution in [2.75, 3.05) is 0 Å². The molecular weight excluding hydrogens is 433 g/mol. The van der Waals surface area contributed by atoms with Crippen LogP contribution in [0.1, 0.15) is 28.6 Å². The minimum atomic E-state index is -0.951. The molecule has 5 nitrogen and oxygen atoms in total. The van der Waals surface area contributed by atoms with Crippen molar-refractivity contribution < 1.29 is 40.9 Å². The monoisotopic (exact) mass is 455 g/mol. The quantitative estimate of drug-likeness (QED) is 0.401. The Morgan fingerprint density at radius 1 is 1.03 bits per heavy atom. The number of pyridine rings is 1. The van der Waals surface area contributed by atoms with E-state index in [4.69, 9.17) is 4.98 Å². The maximum absolute atomic E-state index is 12.4. The molecule has 0 aliphatic heterocycles. The van der Waals surface area contributed by atoms with Crippen LogP contribution in [0.3, 0.4) is 0 Å². The van der Waals surface area contributed by atoms with Crippen LogP contribution in [0.25, 0.3) is 38.6 Å². The number of aryl methyl sites for hydroxylation is 1. The summed E-state index contributed by atoms with van der Waals surface area (Å²) in [5.74, 6) is -0.951. The number of hydrogen-bond donors (Lipinski definition) is 2. The summed E-state index contributed by atoms with van der Waals surface area (Å²) in [6, 6.07) is 23.6. The Hall–Kier alpha value is -3.38. The van der Waals surface area contributed by atoms with Crippen LogP contribution in [0.15, 0.2) is 85.2 Å². The number of nitrogens with zero attached hydrogens (tertiary/aromatic N) is 2. The van der Waals surface area contributed by atoms with Crippen LogP contribution in [0.2, 0.25) is 0 Å². The zero-order chi connectivity index (χ0) is 22.5. The Morgan fingerprint density at radius 3 is 2.71 bits per heavy atom. The number of rotatable bonds is 4. The van der Waals surface area contributed by atoms with Crippen molar-refractivity contribution in [2.24, 2.45) is 0 Å². The fourth-order valence-electron chi connectivity index (χ4n) is 4.90. The van der Waals surface area contributed by atoms with E-state index in [2.05, 4.69) is 28.4 Å². The third kappa shape index (κ3) is 3.53. The van der Waals surface area contributed by atoms with Crippen LogP contribution in [0.5, 0.6) is 0 Å². The first kappa shape index (κ1) is 22.4. The molecule has 6 heteroatoms. The Labute approximate surface area is 219 Å². The van der Waals surface area contributed by atoms with Gasteiger partial charge in [0.05, 0.1) is 17.0 Å². The zero-order valence-electron chi connectivity index (χ0n) is 20.0. The van der Waals surface area contributed by atoms with E-state index in [1.165, 1.54) is 10.9 Å². The van der Waals surface area contributed by atoms with Gasteiger partial charge in [0.2, 0.25) is 0 Å². The molecule has 0 saturated carbocycles. The van der Waals surface area contributed by atoms with Crippen molar-refractivity contribution in [3.63, 3.8) is 0 Å². The molecule has 0 aliphatic carbocycles. The van der Waals surface area contributed by atoms with Crippen molar-refractivity contribution in [1.82, 2.24) is 14.4 Å². The van der Waals surface area contributed by atoms with Crippen LogP contribution in [0.4, 0.5) is 0 Å². The van der Waals surface area contributed by atoms with E-state index in [9.17, 15) is 9.90 Å². The molecule has 3 heterocycles. The average Bonchev–Trinajstić information content (AvgIpc) is 3.41. The molecule has 0 radical (unpaired) electrons. The summed E-state index contributed by atoms with van der Waals surface area (Å²) in [6.45, 7) is 2.11. The van der Waals surface area contributed by atoms with Gasteiger partial charge in [-0.3, -0.25) is 0 Å². The summed E-state index contributed by atoms with van der Waals surface area (Å²) >= 11 is 0. The van der Waals surface area contributed by atoms with Gasteiger partial charge in [0.15, 0.2) is 0 Å². The first-order chi connectivity index (χ1) is 16.1. The van der Waals surface area contributed by atoms with Crippen LogP contribution < -0.4 is 29.6 Å². The van der Waals surface area contributed by atoms with Gasteiger partial charge in [0.1, 0.15) is 5.65 Å². The topological polar surface area (TPSA) is 70.4 Å². The fourth-order valence-corrected chi connectivity index (χ4v) is 4.90. The molecule has 0 unspecified atom stereocenters. The van der Waals surface area contributed by atoms with E-state index in [0.29, 0.717) is 23.1 Å². The van der Waals surface area contributed by atoms with Crippen molar-refractivity contribution in [2.45, 2.75) is 13.3 Å². The SMILES string of the molecule is Cc1cccc2[nH]cc(Cc3c(-c4ccc5ccccc5c4C(=O)O)nc4ccccn34)c12.[H-].[Na+]. The second kappa shape index (κ2) is 8.76. The Kier molecular flexibility index (Phi) is 5.78. The number of carbonyl (C=O) groups is 1. The third-order valence-electron chi connectivity index (χ3n) is 6.38. The average molecular weight is 455 g/mol. The number of benzene rings is 3. The fraction of sp³-hybridized carbons (Fsp3) is 0.0714. The van der Waals surface area contributed by atoms with Gasteiger partial charge in [-0.1, -0.05) is 54.6 Å². The molecule has 162 valence electrons. The molecule has 6 aromatic rings. The van der Waals surface area contributed by atoms with Gasteiger partial charge in [-0.2, -0.15) is 0 Å². The normalized spacial score (nSPS) is 11.2. The van der Waals surface area contributed by atoms with Gasteiger partial charge in [-0.15, -0.1) is 0 Å². The van der Waals surface area contributed by atoms with E-state index in [0.717, 1.165) is 27.8 Å². The minimum Gasteiger partial charge on any atom is -1.00 e. The first-order valence-electron chi connectivity index (χ1n) is 10.9. The van der Waals surface area contributed by atoms with Gasteiger partial charge >= 0.3 is 35.5 Å². The number of carboxylic acid groups (broad SMARTS) is 1. The third-order valence-corrected chi connectivity index (χ3v) is 6.38. The summed E-state index contributed by atoms with van der Waals surface area (Å²) in [6.07, 6.45) is 4.66. The maximum Gasteiger partial charge on any atom is 1.00 e. The minimum absolute atomic E-state index is 0. The summed E-state index contributed by atoms with van der Waals surface area (Å²) in [7, 11) is 0. The van der Waals surface area contributed by atoms with E-state index in [1.807, 2.05) is 73.1 Å². The molecule has 3 aromatic heterocycles. The number of aromatic nitrogens is 3. The molecule has 0 amide bonds. The molecule has 2 N–H and O–H groups in total. The van der Waals surface area contributed by atoms with Crippen molar-refractivity contribution in [3.05, 3.63) is 108 Å². The van der Waals surface area contributed by atoms with Crippen LogP contribution in [-0.4, -0.2) is 25.4 Å². The molecular formula is C28H22N3NaO2. The molecule has 0 fully saturated rings. The van der Waals surface area contributed by atoms with Crippen molar-refractivity contribution >= 4 is 33.3 Å². The maximum atomic E-state index is 12.4. The molecule has 6 rings (SSSR count). The molecule has 0 bridgehead atoms. The Bertz CT molecular complexity index is 1700. The van der Waals surface area contributed by atoms with Crippen molar-refractivity contribution in [1.29, 1.82) is 0 Å². The van der Waals surface area contributed by atoms with Gasteiger partial charge in [0, 0.05) is 35.3 Å². The standard InChI is InChI=1S/C28H21N3O2.Na.H/c1-17-7-6-10-22-25(17)19(16-29-22)15-23-27(30-24-11-4-5-14-31(23)24)21-13-12-18-8-2-3-9-20(18)26(21)28(32)33;;/h2-14,16,29H,15H2,1H3,(H,32,33);;/q;+1;-1. The van der Waals surface area contributed by atoms with Gasteiger partial charge in [-0.25, -0.2) is 9.78 Å². The van der Waals surface area contributed by atoms with Crippen LogP contribution in [-0.2, 0) is 6.42 Å². The summed E-state index contributed by atoms with van der Waals surface area (Å²) in [5, 5.41) is 13.0. The second-order valence-corrected chi connectivity index (χ2v) is 8.34. The van der Waals surface area contributed by atoms with E-state index < -0.39 is 5.97 Å². The molecule has 0 spiro atoms. The van der Waals surface area contributed by atoms with E-state index in [1.54, 1.807) is 0 Å². The number of aromatic carboxylic acids is 1. The summed E-state index contributed by atoms with van der Waals surface area (Å²) in [5.41, 5.74) is 6.84. The van der Waals surface area contributed by atoms with Gasteiger partial charge < -0.3 is 15.9 Å². The van der Waals surface area contributed by atoms with E-state index >= 15 is 0 Å². The predicted molar refractivity (Wildman–Crippen MR) is 132 cm³/mol. The summed E-state index contributed by atoms with van der Waals surface area (Å²) < 4.78 is 2.06. The second-order valence-electron chi connectivity index (χ2n) is 8.34. The van der Waals surface area contributed by atoms with E-state index in [-0.39, 0.29) is 36.5 Å². The van der Waals surface area contributed by atoms with Crippen molar-refractivity contribution in [3.8, 4) is 11.3 Å². The zero-order valence-corrected chi connectivity index (χ0v) is 21.0. The van der Waals surface area contributed by atoms with Gasteiger partial charge in [0.25, 0.3) is 0 Å². The molecule has 0 atom stereocenters. The molecule has 3 aromatic carbocycles. The Balaban J connectivity index is 0.00000144. The smallest absolute Gasteiger partial charge is 1.00 e. The molecule has 0 aliphatic rings. The van der Waals surface area contributed by atoms with Gasteiger partial charge in [-0.05, 0) is 47.0 Å². The number of hydrogen-bond acceptors (Lipinski definition) is 2. The number of imidazole rings is 1. The molecule has 0 saturated heterocycles. The molecule has 34 heavy (non-hydrogen) atoms. The summed E-state index contributed by atoms with van der Waals surface area (Å²) in [4.78, 5) is 20.7. The number of nitrogens with one attached hydrogen (secondary N) is 1. The van der Waals surface area contributed by atoms with Crippen LogP contribution >= 0.6 is 0 Å². The number of aromatic amines is 1. The number of fused-ring (bicyclic) bond motifs is 3. The predicted octanol–water partition coefficient (Wildman–Crippen LogP) is 3.35. The first-order valence-corrected chi connectivity index (χ1v) is 10.9.